The van der Waals surface area contributed by atoms with Crippen LogP contribution in [0.5, 0.6) is 0 Å². The first-order valence-corrected chi connectivity index (χ1v) is 33.6. The highest BCUT2D eigenvalue weighted by atomic mass is 16.6. The van der Waals surface area contributed by atoms with Gasteiger partial charge in [0.15, 0.2) is 6.10 Å². The molecule has 0 saturated heterocycles. The van der Waals surface area contributed by atoms with Crippen molar-refractivity contribution in [2.24, 2.45) is 0 Å². The first kappa shape index (κ1) is 73.4. The van der Waals surface area contributed by atoms with E-state index >= 15 is 0 Å². The van der Waals surface area contributed by atoms with Crippen LogP contribution in [0, 0.1) is 0 Å². The Balaban J connectivity index is 4.12. The number of allylic oxidation sites excluding steroid dienone is 8. The van der Waals surface area contributed by atoms with Crippen molar-refractivity contribution in [2.75, 3.05) is 13.2 Å². The number of hydrogen-bond donors (Lipinski definition) is 0. The Morgan fingerprint density at radius 1 is 0.263 bits per heavy atom. The normalized spacial score (nSPS) is 12.3. The molecule has 0 aromatic rings. The molecule has 0 saturated carbocycles. The second-order valence-corrected chi connectivity index (χ2v) is 22.7. The van der Waals surface area contributed by atoms with Crippen LogP contribution in [0.2, 0.25) is 0 Å². The van der Waals surface area contributed by atoms with Gasteiger partial charge in [-0.25, -0.2) is 0 Å². The smallest absolute Gasteiger partial charge is 0.306 e. The molecule has 1 atom stereocenters. The average Bonchev–Trinajstić information content (AvgIpc) is 3.42. The Morgan fingerprint density at radius 2 is 0.500 bits per heavy atom. The fourth-order valence-electron chi connectivity index (χ4n) is 9.94. The minimum absolute atomic E-state index is 0.0777. The van der Waals surface area contributed by atoms with Crippen LogP contribution < -0.4 is 0 Å². The second kappa shape index (κ2) is 64.9. The highest BCUT2D eigenvalue weighted by Crippen LogP contribution is 2.18. The topological polar surface area (TPSA) is 78.9 Å². The molecule has 1 unspecified atom stereocenters. The van der Waals surface area contributed by atoms with E-state index < -0.39 is 6.10 Å². The summed E-state index contributed by atoms with van der Waals surface area (Å²) in [5, 5.41) is 0. The zero-order valence-electron chi connectivity index (χ0n) is 51.0. The molecule has 0 aliphatic rings. The molecule has 0 fully saturated rings. The van der Waals surface area contributed by atoms with Crippen molar-refractivity contribution in [1.29, 1.82) is 0 Å². The molecule has 6 nitrogen and oxygen atoms in total. The largest absolute Gasteiger partial charge is 0.462 e. The molecular formula is C70H128O6. The molecule has 0 aromatic heterocycles. The molecule has 0 N–H and O–H groups in total. The van der Waals surface area contributed by atoms with E-state index in [1.54, 1.807) is 0 Å². The maximum Gasteiger partial charge on any atom is 0.306 e. The molecule has 0 amide bonds. The van der Waals surface area contributed by atoms with E-state index in [-0.39, 0.29) is 31.1 Å². The van der Waals surface area contributed by atoms with Gasteiger partial charge in [0.1, 0.15) is 13.2 Å². The quantitative estimate of drug-likeness (QED) is 0.0261. The lowest BCUT2D eigenvalue weighted by atomic mass is 10.0. The molecule has 0 aromatic carbocycles. The maximum absolute atomic E-state index is 12.9. The molecule has 0 rings (SSSR count). The lowest BCUT2D eigenvalue weighted by molar-refractivity contribution is -0.167. The molecule has 0 spiro atoms. The lowest BCUT2D eigenvalue weighted by Gasteiger charge is -2.18. The van der Waals surface area contributed by atoms with Crippen molar-refractivity contribution < 1.29 is 28.6 Å². The van der Waals surface area contributed by atoms with Gasteiger partial charge in [0.05, 0.1) is 0 Å². The fourth-order valence-corrected chi connectivity index (χ4v) is 9.94. The molecule has 0 aliphatic heterocycles. The van der Waals surface area contributed by atoms with Gasteiger partial charge in [-0.05, 0) is 96.3 Å². The predicted octanol–water partition coefficient (Wildman–Crippen LogP) is 22.9. The zero-order valence-corrected chi connectivity index (χ0v) is 51.0. The summed E-state index contributed by atoms with van der Waals surface area (Å²) < 4.78 is 16.9. The zero-order chi connectivity index (χ0) is 55.0. The third-order valence-electron chi connectivity index (χ3n) is 15.0. The summed E-state index contributed by atoms with van der Waals surface area (Å²) >= 11 is 0. The van der Waals surface area contributed by atoms with E-state index in [1.165, 1.54) is 225 Å². The summed E-state index contributed by atoms with van der Waals surface area (Å²) in [5.41, 5.74) is 0. The van der Waals surface area contributed by atoms with Gasteiger partial charge < -0.3 is 14.2 Å². The minimum atomic E-state index is -0.782. The third-order valence-corrected chi connectivity index (χ3v) is 15.0. The van der Waals surface area contributed by atoms with Crippen LogP contribution >= 0.6 is 0 Å². The van der Waals surface area contributed by atoms with E-state index in [1.807, 2.05) is 0 Å². The molecular weight excluding hydrogens is 937 g/mol. The van der Waals surface area contributed by atoms with Gasteiger partial charge in [-0.3, -0.25) is 14.4 Å². The van der Waals surface area contributed by atoms with Crippen LogP contribution in [0.3, 0.4) is 0 Å². The number of hydrogen-bond acceptors (Lipinski definition) is 6. The molecule has 444 valence electrons. The standard InChI is InChI=1S/C70H128O6/c1-4-7-10-13-16-19-22-25-27-28-29-30-31-32-33-34-35-36-37-38-39-40-41-42-43-46-48-51-54-57-60-63-69(72)75-66-67(65-74-68(71)62-59-56-53-50-47-44-24-21-18-15-12-9-6-3)76-70(73)64-61-58-55-52-49-45-26-23-20-17-14-11-8-5-2/h12,15,21,23-24,26,28-29,67H,4-11,13-14,16-20,22,25,27,30-66H2,1-3H3/b15-12-,24-21-,26-23-,29-28-. The SMILES string of the molecule is CCC/C=C\C/C=C\CCCCCCCC(=O)OCC(COC(=O)CCCCCCCCCCCCCCCCCCCCC/C=C\CCCCCCCCCC)OC(=O)CCCCCCC/C=C\CCCCCCC. The van der Waals surface area contributed by atoms with Crippen LogP contribution in [0.4, 0.5) is 0 Å². The number of rotatable bonds is 62. The van der Waals surface area contributed by atoms with Crippen molar-refractivity contribution in [2.45, 2.75) is 367 Å². The highest BCUT2D eigenvalue weighted by molar-refractivity contribution is 5.71. The number of esters is 3. The van der Waals surface area contributed by atoms with Gasteiger partial charge in [-0.2, -0.15) is 0 Å². The minimum Gasteiger partial charge on any atom is -0.462 e. The summed E-state index contributed by atoms with van der Waals surface area (Å²) in [6.45, 7) is 6.59. The van der Waals surface area contributed by atoms with E-state index in [0.717, 1.165) is 96.3 Å². The van der Waals surface area contributed by atoms with Crippen LogP contribution in [0.15, 0.2) is 48.6 Å². The Labute approximate surface area is 473 Å². The third kappa shape index (κ3) is 62.2. The van der Waals surface area contributed by atoms with Crippen molar-refractivity contribution in [3.05, 3.63) is 48.6 Å². The van der Waals surface area contributed by atoms with Crippen LogP contribution in [0.25, 0.3) is 0 Å². The average molecular weight is 1070 g/mol. The first-order valence-electron chi connectivity index (χ1n) is 33.6. The van der Waals surface area contributed by atoms with Gasteiger partial charge in [0.25, 0.3) is 0 Å². The predicted molar refractivity (Wildman–Crippen MR) is 330 cm³/mol. The number of carbonyl (C=O) groups excluding carboxylic acids is 3. The fraction of sp³-hybridized carbons (Fsp3) is 0.843. The lowest BCUT2D eigenvalue weighted by Crippen LogP contribution is -2.30. The van der Waals surface area contributed by atoms with Crippen LogP contribution in [0.1, 0.15) is 361 Å². The van der Waals surface area contributed by atoms with Crippen molar-refractivity contribution in [1.82, 2.24) is 0 Å². The highest BCUT2D eigenvalue weighted by Gasteiger charge is 2.19. The second-order valence-electron chi connectivity index (χ2n) is 22.7. The van der Waals surface area contributed by atoms with Gasteiger partial charge in [0.2, 0.25) is 0 Å². The summed E-state index contributed by atoms with van der Waals surface area (Å²) in [5.74, 6) is -0.883. The number of ether oxygens (including phenoxy) is 3. The van der Waals surface area contributed by atoms with Gasteiger partial charge in [0, 0.05) is 19.3 Å². The van der Waals surface area contributed by atoms with Gasteiger partial charge >= 0.3 is 17.9 Å². The summed E-state index contributed by atoms with van der Waals surface area (Å²) in [6, 6.07) is 0. The van der Waals surface area contributed by atoms with Crippen molar-refractivity contribution >= 4 is 17.9 Å². The molecule has 0 radical (unpaired) electrons. The molecule has 0 bridgehead atoms. The molecule has 76 heavy (non-hydrogen) atoms. The van der Waals surface area contributed by atoms with E-state index in [0.29, 0.717) is 19.3 Å². The Hall–Kier alpha value is -2.63. The summed E-state index contributed by atoms with van der Waals surface area (Å²) in [6.07, 6.45) is 81.5. The molecule has 0 heterocycles. The van der Waals surface area contributed by atoms with Crippen LogP contribution in [-0.4, -0.2) is 37.2 Å². The van der Waals surface area contributed by atoms with Crippen molar-refractivity contribution in [3.8, 4) is 0 Å². The van der Waals surface area contributed by atoms with E-state index in [2.05, 4.69) is 69.4 Å². The summed E-state index contributed by atoms with van der Waals surface area (Å²) in [4.78, 5) is 38.2. The maximum atomic E-state index is 12.9. The Bertz CT molecular complexity index is 1310. The summed E-state index contributed by atoms with van der Waals surface area (Å²) in [7, 11) is 0. The van der Waals surface area contributed by atoms with Crippen molar-refractivity contribution in [3.63, 3.8) is 0 Å². The van der Waals surface area contributed by atoms with Crippen LogP contribution in [-0.2, 0) is 28.6 Å². The Kier molecular flexibility index (Phi) is 62.6. The molecule has 0 aliphatic carbocycles. The van der Waals surface area contributed by atoms with E-state index in [9.17, 15) is 14.4 Å². The first-order chi connectivity index (χ1) is 37.5. The number of carbonyl (C=O) groups is 3. The Morgan fingerprint density at radius 3 is 0.789 bits per heavy atom. The number of unbranched alkanes of at least 4 members (excludes halogenated alkanes) is 43. The monoisotopic (exact) mass is 1060 g/mol. The van der Waals surface area contributed by atoms with Gasteiger partial charge in [-0.1, -0.05) is 294 Å². The van der Waals surface area contributed by atoms with Gasteiger partial charge in [-0.15, -0.1) is 0 Å². The molecule has 6 heteroatoms. The van der Waals surface area contributed by atoms with E-state index in [4.69, 9.17) is 14.2 Å².